The first kappa shape index (κ1) is 14.1. The number of alkyl halides is 3. The van der Waals surface area contributed by atoms with Gasteiger partial charge in [0, 0.05) is 17.3 Å². The van der Waals surface area contributed by atoms with Gasteiger partial charge >= 0.3 is 12.3 Å². The topological polar surface area (TPSA) is 68.4 Å². The molecule has 0 fully saturated rings. The van der Waals surface area contributed by atoms with E-state index in [0.717, 1.165) is 13.3 Å². The molecule has 0 aromatic carbocycles. The zero-order valence-corrected chi connectivity index (χ0v) is 9.55. The molecule has 0 bridgehead atoms. The minimum atomic E-state index is -4.91. The number of nitrogens with one attached hydrogen (secondary N) is 1. The lowest BCUT2D eigenvalue weighted by Crippen LogP contribution is -2.22. The third-order valence-corrected chi connectivity index (χ3v) is 2.20. The van der Waals surface area contributed by atoms with Crippen molar-refractivity contribution in [3.63, 3.8) is 0 Å². The lowest BCUT2D eigenvalue weighted by Gasteiger charge is -2.13. The average Bonchev–Trinajstić information content (AvgIpc) is 2.26. The maximum Gasteiger partial charge on any atom is 0.573 e. The molecule has 0 aliphatic heterocycles. The van der Waals surface area contributed by atoms with E-state index >= 15 is 0 Å². The van der Waals surface area contributed by atoms with Gasteiger partial charge in [0.25, 0.3) is 5.56 Å². The van der Waals surface area contributed by atoms with Gasteiger partial charge in [0.05, 0.1) is 13.5 Å². The Morgan fingerprint density at radius 2 is 2.06 bits per heavy atom. The van der Waals surface area contributed by atoms with Crippen LogP contribution in [0.2, 0.25) is 0 Å². The molecule has 0 unspecified atom stereocenters. The van der Waals surface area contributed by atoms with Crippen molar-refractivity contribution in [2.45, 2.75) is 19.7 Å². The van der Waals surface area contributed by atoms with E-state index in [9.17, 15) is 22.8 Å². The summed E-state index contributed by atoms with van der Waals surface area (Å²) in [5, 5.41) is 0. The maximum atomic E-state index is 12.1. The van der Waals surface area contributed by atoms with Gasteiger partial charge in [-0.3, -0.25) is 9.59 Å². The second-order valence-electron chi connectivity index (χ2n) is 3.39. The molecule has 8 heteroatoms. The smallest absolute Gasteiger partial charge is 0.469 e. The van der Waals surface area contributed by atoms with E-state index in [4.69, 9.17) is 0 Å². The SMILES string of the molecule is COC(=O)Cc1c(OC(F)(F)F)c[nH]c(=O)c1C. The number of H-pyrrole nitrogens is 1. The number of methoxy groups -OCH3 is 1. The number of pyridine rings is 1. The zero-order valence-electron chi connectivity index (χ0n) is 9.55. The van der Waals surface area contributed by atoms with Crippen molar-refractivity contribution < 1.29 is 27.4 Å². The molecule has 0 atom stereocenters. The van der Waals surface area contributed by atoms with Crippen LogP contribution in [0, 0.1) is 6.92 Å². The highest BCUT2D eigenvalue weighted by Gasteiger charge is 2.33. The Labute approximate surface area is 99.5 Å². The van der Waals surface area contributed by atoms with Crippen molar-refractivity contribution in [2.24, 2.45) is 0 Å². The van der Waals surface area contributed by atoms with Gasteiger partial charge in [-0.05, 0) is 6.92 Å². The lowest BCUT2D eigenvalue weighted by molar-refractivity contribution is -0.275. The molecule has 0 amide bonds. The molecule has 0 saturated carbocycles. The Bertz CT molecular complexity index is 507. The van der Waals surface area contributed by atoms with Crippen molar-refractivity contribution in [3.05, 3.63) is 27.7 Å². The van der Waals surface area contributed by atoms with Crippen LogP contribution in [0.5, 0.6) is 5.75 Å². The first-order valence-corrected chi connectivity index (χ1v) is 4.78. The maximum absolute atomic E-state index is 12.1. The van der Waals surface area contributed by atoms with Crippen LogP contribution in [0.1, 0.15) is 11.1 Å². The second kappa shape index (κ2) is 5.11. The first-order chi connectivity index (χ1) is 8.24. The van der Waals surface area contributed by atoms with Gasteiger partial charge in [-0.15, -0.1) is 13.2 Å². The van der Waals surface area contributed by atoms with E-state index in [0.29, 0.717) is 0 Å². The molecule has 1 aromatic heterocycles. The number of hydrogen-bond donors (Lipinski definition) is 1. The molecule has 0 aliphatic rings. The summed E-state index contributed by atoms with van der Waals surface area (Å²) in [6.45, 7) is 1.29. The minimum absolute atomic E-state index is 0.0258. The first-order valence-electron chi connectivity index (χ1n) is 4.78. The van der Waals surface area contributed by atoms with Crippen LogP contribution in [0.25, 0.3) is 0 Å². The molecular weight excluding hydrogens is 255 g/mol. The van der Waals surface area contributed by atoms with Crippen LogP contribution in [0.15, 0.2) is 11.0 Å². The van der Waals surface area contributed by atoms with E-state index < -0.39 is 30.1 Å². The van der Waals surface area contributed by atoms with Gasteiger partial charge in [-0.1, -0.05) is 0 Å². The summed E-state index contributed by atoms with van der Waals surface area (Å²) < 4.78 is 44.5. The molecule has 100 valence electrons. The molecule has 5 nitrogen and oxygen atoms in total. The van der Waals surface area contributed by atoms with Crippen molar-refractivity contribution in [1.82, 2.24) is 4.98 Å². The van der Waals surface area contributed by atoms with Crippen molar-refractivity contribution in [1.29, 1.82) is 0 Å². The number of esters is 1. The Morgan fingerprint density at radius 3 is 2.56 bits per heavy atom. The third-order valence-electron chi connectivity index (χ3n) is 2.20. The van der Waals surface area contributed by atoms with E-state index in [1.54, 1.807) is 0 Å². The van der Waals surface area contributed by atoms with Crippen LogP contribution < -0.4 is 10.3 Å². The van der Waals surface area contributed by atoms with Crippen molar-refractivity contribution in [3.8, 4) is 5.75 Å². The standard InChI is InChI=1S/C10H10F3NO4/c1-5-6(3-8(15)17-2)7(4-14-9(5)16)18-10(11,12)13/h4H,3H2,1-2H3,(H,14,16). The quantitative estimate of drug-likeness (QED) is 0.836. The van der Waals surface area contributed by atoms with Crippen LogP contribution in [0.4, 0.5) is 13.2 Å². The number of hydrogen-bond acceptors (Lipinski definition) is 4. The molecule has 18 heavy (non-hydrogen) atoms. The number of aromatic nitrogens is 1. The number of carbonyl (C=O) groups excluding carboxylic acids is 1. The Morgan fingerprint density at radius 1 is 1.44 bits per heavy atom. The molecule has 0 spiro atoms. The highest BCUT2D eigenvalue weighted by atomic mass is 19.4. The van der Waals surface area contributed by atoms with E-state index in [-0.39, 0.29) is 11.1 Å². The Balaban J connectivity index is 3.21. The van der Waals surface area contributed by atoms with Gasteiger partial charge in [0.15, 0.2) is 0 Å². The Hall–Kier alpha value is -1.99. The fourth-order valence-corrected chi connectivity index (χ4v) is 1.30. The highest BCUT2D eigenvalue weighted by molar-refractivity contribution is 5.73. The van der Waals surface area contributed by atoms with Crippen molar-refractivity contribution >= 4 is 5.97 Å². The van der Waals surface area contributed by atoms with E-state index in [2.05, 4.69) is 14.5 Å². The van der Waals surface area contributed by atoms with Crippen LogP contribution in [-0.2, 0) is 16.0 Å². The van der Waals surface area contributed by atoms with Gasteiger partial charge in [-0.25, -0.2) is 0 Å². The number of aromatic amines is 1. The summed E-state index contributed by atoms with van der Waals surface area (Å²) in [5.74, 6) is -1.39. The fourth-order valence-electron chi connectivity index (χ4n) is 1.30. The summed E-state index contributed by atoms with van der Waals surface area (Å²) in [5.41, 5.74) is -0.770. The van der Waals surface area contributed by atoms with Crippen molar-refractivity contribution in [2.75, 3.05) is 7.11 Å². The van der Waals surface area contributed by atoms with E-state index in [1.165, 1.54) is 6.92 Å². The number of rotatable bonds is 3. The monoisotopic (exact) mass is 265 g/mol. The van der Waals surface area contributed by atoms with E-state index in [1.807, 2.05) is 0 Å². The lowest BCUT2D eigenvalue weighted by atomic mass is 10.1. The summed E-state index contributed by atoms with van der Waals surface area (Å²) >= 11 is 0. The fraction of sp³-hybridized carbons (Fsp3) is 0.400. The number of ether oxygens (including phenoxy) is 2. The summed E-state index contributed by atoms with van der Waals surface area (Å²) in [6.07, 6.45) is -4.62. The largest absolute Gasteiger partial charge is 0.573 e. The normalized spacial score (nSPS) is 11.2. The molecule has 1 N–H and O–H groups in total. The Kier molecular flexibility index (Phi) is 4.00. The average molecular weight is 265 g/mol. The highest BCUT2D eigenvalue weighted by Crippen LogP contribution is 2.26. The van der Waals surface area contributed by atoms with Gasteiger partial charge < -0.3 is 14.5 Å². The molecule has 0 radical (unpaired) electrons. The van der Waals surface area contributed by atoms with Crippen LogP contribution in [0.3, 0.4) is 0 Å². The molecule has 0 saturated heterocycles. The number of carbonyl (C=O) groups is 1. The summed E-state index contributed by atoms with van der Waals surface area (Å²) in [4.78, 5) is 24.5. The zero-order chi connectivity index (χ0) is 13.9. The molecule has 0 aliphatic carbocycles. The predicted molar refractivity (Wildman–Crippen MR) is 54.2 cm³/mol. The third kappa shape index (κ3) is 3.51. The van der Waals surface area contributed by atoms with Crippen LogP contribution >= 0.6 is 0 Å². The molecule has 1 rings (SSSR count). The number of halogens is 3. The molecule has 1 heterocycles. The van der Waals surface area contributed by atoms with Gasteiger partial charge in [-0.2, -0.15) is 0 Å². The molecular formula is C10H10F3NO4. The van der Waals surface area contributed by atoms with Crippen LogP contribution in [-0.4, -0.2) is 24.4 Å². The summed E-state index contributed by atoms with van der Waals surface area (Å²) in [6, 6.07) is 0. The van der Waals surface area contributed by atoms with Gasteiger partial charge in [0.2, 0.25) is 0 Å². The van der Waals surface area contributed by atoms with Gasteiger partial charge in [0.1, 0.15) is 5.75 Å². The molecule has 1 aromatic rings. The summed E-state index contributed by atoms with van der Waals surface area (Å²) in [7, 11) is 1.09. The predicted octanol–water partition coefficient (Wildman–Crippen LogP) is 1.30. The second-order valence-corrected chi connectivity index (χ2v) is 3.39. The minimum Gasteiger partial charge on any atom is -0.469 e.